The molecule has 0 aliphatic rings. The van der Waals surface area contributed by atoms with E-state index in [1.807, 2.05) is 18.2 Å². The maximum Gasteiger partial charge on any atom is 0.343 e. The lowest BCUT2D eigenvalue weighted by Gasteiger charge is -2.08. The van der Waals surface area contributed by atoms with Gasteiger partial charge in [-0.25, -0.2) is 9.59 Å². The van der Waals surface area contributed by atoms with Gasteiger partial charge in [0.05, 0.1) is 18.8 Å². The number of benzene rings is 3. The minimum atomic E-state index is -0.492. The lowest BCUT2D eigenvalue weighted by Crippen LogP contribution is -2.08. The van der Waals surface area contributed by atoms with Gasteiger partial charge >= 0.3 is 11.9 Å². The number of esters is 2. The third-order valence-corrected chi connectivity index (χ3v) is 7.73. The molecule has 0 spiro atoms. The number of hydrogen-bond donors (Lipinski definition) is 0. The van der Waals surface area contributed by atoms with Gasteiger partial charge < -0.3 is 18.8 Å². The van der Waals surface area contributed by atoms with Crippen LogP contribution in [0, 0.1) is 6.92 Å². The van der Waals surface area contributed by atoms with Crippen LogP contribution in [-0.4, -0.2) is 35.5 Å². The van der Waals surface area contributed by atoms with Crippen LogP contribution in [0.25, 0.3) is 17.0 Å². The number of rotatable bonds is 17. The second-order valence-corrected chi connectivity index (χ2v) is 11.3. The van der Waals surface area contributed by atoms with E-state index in [0.29, 0.717) is 41.4 Å². The SMILES string of the molecule is C=C(C)C(=O)OCCCCCCOc1ccc(C(=O)Oc2ccc(C(=O)/C=C/c3c(C)c4ccccc4n3CCCC)cc2)cc1. The maximum atomic E-state index is 13.0. The molecule has 0 fully saturated rings. The Kier molecular flexibility index (Phi) is 12.5. The van der Waals surface area contributed by atoms with Crippen LogP contribution in [0.5, 0.6) is 11.5 Å². The molecule has 0 bridgehead atoms. The Balaban J connectivity index is 1.24. The summed E-state index contributed by atoms with van der Waals surface area (Å²) >= 11 is 0. The van der Waals surface area contributed by atoms with Crippen molar-refractivity contribution in [1.29, 1.82) is 0 Å². The number of aryl methyl sites for hydroxylation is 2. The number of carbonyl (C=O) groups is 3. The largest absolute Gasteiger partial charge is 0.494 e. The number of carbonyl (C=O) groups excluding carboxylic acids is 3. The van der Waals surface area contributed by atoms with E-state index in [9.17, 15) is 14.4 Å². The molecule has 0 aliphatic heterocycles. The zero-order valence-corrected chi connectivity index (χ0v) is 27.1. The normalized spacial score (nSPS) is 11.1. The molecule has 0 radical (unpaired) electrons. The molecule has 3 aromatic carbocycles. The molecule has 7 nitrogen and oxygen atoms in total. The quantitative estimate of drug-likeness (QED) is 0.0385. The summed E-state index contributed by atoms with van der Waals surface area (Å²) in [6, 6.07) is 21.7. The standard InChI is InChI=1S/C39H43NO6/c1-5-6-25-40-35(29(4)34-13-9-10-14-36(34)40)23-24-37(41)30-15-21-33(22-16-30)46-39(43)31-17-19-32(20-18-31)44-26-11-7-8-12-27-45-38(42)28(2)3/h9-10,13-24H,2,5-8,11-12,25-27H2,1,3-4H3/b24-23+. The number of ether oxygens (including phenoxy) is 3. The molecule has 0 unspecified atom stereocenters. The monoisotopic (exact) mass is 621 g/mol. The van der Waals surface area contributed by atoms with E-state index in [0.717, 1.165) is 56.3 Å². The third-order valence-electron chi connectivity index (χ3n) is 7.73. The van der Waals surface area contributed by atoms with E-state index in [-0.39, 0.29) is 11.8 Å². The minimum Gasteiger partial charge on any atom is -0.494 e. The number of allylic oxidation sites excluding steroid dienone is 1. The summed E-state index contributed by atoms with van der Waals surface area (Å²) in [5.74, 6) is 0.0648. The van der Waals surface area contributed by atoms with Gasteiger partial charge in [-0.2, -0.15) is 0 Å². The van der Waals surface area contributed by atoms with Crippen LogP contribution in [-0.2, 0) is 16.1 Å². The van der Waals surface area contributed by atoms with Crippen molar-refractivity contribution in [3.63, 3.8) is 0 Å². The van der Waals surface area contributed by atoms with Crippen molar-refractivity contribution < 1.29 is 28.6 Å². The lowest BCUT2D eigenvalue weighted by atomic mass is 10.1. The molecule has 1 aromatic heterocycles. The fourth-order valence-corrected chi connectivity index (χ4v) is 5.10. The fourth-order valence-electron chi connectivity index (χ4n) is 5.10. The smallest absolute Gasteiger partial charge is 0.343 e. The molecule has 7 heteroatoms. The zero-order chi connectivity index (χ0) is 32.9. The van der Waals surface area contributed by atoms with Crippen LogP contribution in [0.3, 0.4) is 0 Å². The first-order chi connectivity index (χ1) is 22.3. The summed E-state index contributed by atoms with van der Waals surface area (Å²) in [6.45, 7) is 11.3. The van der Waals surface area contributed by atoms with Crippen molar-refractivity contribution in [2.24, 2.45) is 0 Å². The second-order valence-electron chi connectivity index (χ2n) is 11.3. The van der Waals surface area contributed by atoms with Crippen molar-refractivity contribution in [2.45, 2.75) is 65.8 Å². The summed E-state index contributed by atoms with van der Waals surface area (Å²) < 4.78 is 18.7. The van der Waals surface area contributed by atoms with E-state index in [1.165, 1.54) is 10.9 Å². The molecule has 0 saturated heterocycles. The van der Waals surface area contributed by atoms with Crippen LogP contribution >= 0.6 is 0 Å². The van der Waals surface area contributed by atoms with E-state index < -0.39 is 5.97 Å². The number of hydrogen-bond acceptors (Lipinski definition) is 6. The van der Waals surface area contributed by atoms with E-state index >= 15 is 0 Å². The summed E-state index contributed by atoms with van der Waals surface area (Å²) in [7, 11) is 0. The first kappa shape index (κ1) is 34.0. The van der Waals surface area contributed by atoms with E-state index in [1.54, 1.807) is 61.5 Å². The average Bonchev–Trinajstić information content (AvgIpc) is 3.34. The lowest BCUT2D eigenvalue weighted by molar-refractivity contribution is -0.139. The number of aromatic nitrogens is 1. The van der Waals surface area contributed by atoms with Crippen molar-refractivity contribution in [3.8, 4) is 11.5 Å². The van der Waals surface area contributed by atoms with E-state index in [4.69, 9.17) is 14.2 Å². The van der Waals surface area contributed by atoms with Gasteiger partial charge in [0.15, 0.2) is 5.78 Å². The van der Waals surface area contributed by atoms with Crippen molar-refractivity contribution in [1.82, 2.24) is 4.57 Å². The van der Waals surface area contributed by atoms with Gasteiger partial charge in [0, 0.05) is 34.3 Å². The summed E-state index contributed by atoms with van der Waals surface area (Å²) in [5.41, 5.74) is 4.70. The Labute approximate surface area is 271 Å². The van der Waals surface area contributed by atoms with E-state index in [2.05, 4.69) is 37.1 Å². The first-order valence-corrected chi connectivity index (χ1v) is 16.0. The molecular weight excluding hydrogens is 578 g/mol. The van der Waals surface area contributed by atoms with Crippen LogP contribution in [0.4, 0.5) is 0 Å². The van der Waals surface area contributed by atoms with Gasteiger partial charge in [0.2, 0.25) is 0 Å². The molecule has 4 rings (SSSR count). The number of para-hydroxylation sites is 1. The van der Waals surface area contributed by atoms with Crippen molar-refractivity contribution in [3.05, 3.63) is 113 Å². The van der Waals surface area contributed by atoms with Gasteiger partial charge in [-0.15, -0.1) is 0 Å². The molecular formula is C39H43NO6. The van der Waals surface area contributed by atoms with Crippen LogP contribution in [0.15, 0.2) is 91.0 Å². The van der Waals surface area contributed by atoms with Crippen molar-refractivity contribution >= 4 is 34.7 Å². The predicted octanol–water partition coefficient (Wildman–Crippen LogP) is 8.92. The third kappa shape index (κ3) is 9.30. The Bertz CT molecular complexity index is 1680. The van der Waals surface area contributed by atoms with Gasteiger partial charge in [0.25, 0.3) is 0 Å². The zero-order valence-electron chi connectivity index (χ0n) is 27.1. The minimum absolute atomic E-state index is 0.121. The molecule has 0 atom stereocenters. The number of ketones is 1. The van der Waals surface area contributed by atoms with Crippen LogP contribution in [0.2, 0.25) is 0 Å². The molecule has 0 N–H and O–H groups in total. The summed E-state index contributed by atoms with van der Waals surface area (Å²) in [5, 5.41) is 1.20. The Morgan fingerprint density at radius 2 is 1.46 bits per heavy atom. The van der Waals surface area contributed by atoms with Gasteiger partial charge in [-0.3, -0.25) is 4.79 Å². The average molecular weight is 622 g/mol. The molecule has 0 amide bonds. The number of nitrogens with zero attached hydrogens (tertiary/aromatic N) is 1. The van der Waals surface area contributed by atoms with Gasteiger partial charge in [-0.05, 0) is 118 Å². The number of fused-ring (bicyclic) bond motifs is 1. The molecule has 1 heterocycles. The Morgan fingerprint density at radius 3 is 2.15 bits per heavy atom. The Morgan fingerprint density at radius 1 is 0.804 bits per heavy atom. The summed E-state index contributed by atoms with van der Waals surface area (Å²) in [4.78, 5) is 37.1. The highest BCUT2D eigenvalue weighted by molar-refractivity contribution is 6.07. The molecule has 240 valence electrons. The molecule has 4 aromatic rings. The Hall–Kier alpha value is -4.91. The highest BCUT2D eigenvalue weighted by Gasteiger charge is 2.13. The fraction of sp³-hybridized carbons (Fsp3) is 0.308. The first-order valence-electron chi connectivity index (χ1n) is 16.0. The van der Waals surface area contributed by atoms with Crippen LogP contribution in [0.1, 0.15) is 84.3 Å². The second kappa shape index (κ2) is 17.0. The van der Waals surface area contributed by atoms with Gasteiger partial charge in [-0.1, -0.05) is 38.1 Å². The topological polar surface area (TPSA) is 83.8 Å². The maximum absolute atomic E-state index is 13.0. The molecule has 46 heavy (non-hydrogen) atoms. The van der Waals surface area contributed by atoms with Crippen LogP contribution < -0.4 is 9.47 Å². The van der Waals surface area contributed by atoms with Gasteiger partial charge in [0.1, 0.15) is 11.5 Å². The number of unbranched alkanes of at least 4 members (excludes halogenated alkanes) is 4. The van der Waals surface area contributed by atoms with Crippen molar-refractivity contribution in [2.75, 3.05) is 13.2 Å². The predicted molar refractivity (Wildman–Crippen MR) is 183 cm³/mol. The summed E-state index contributed by atoms with van der Waals surface area (Å²) in [6.07, 6.45) is 9.24. The molecule has 0 aliphatic carbocycles. The molecule has 0 saturated carbocycles. The highest BCUT2D eigenvalue weighted by atomic mass is 16.5. The highest BCUT2D eigenvalue weighted by Crippen LogP contribution is 2.27.